The first-order valence-electron chi connectivity index (χ1n) is 4.67. The Labute approximate surface area is 84.3 Å². The summed E-state index contributed by atoms with van der Waals surface area (Å²) in [5, 5.41) is 12.3. The van der Waals surface area contributed by atoms with Crippen LogP contribution < -0.4 is 5.32 Å². The molecule has 76 valence electrons. The predicted octanol–water partition coefficient (Wildman–Crippen LogP) is 1.27. The van der Waals surface area contributed by atoms with Gasteiger partial charge in [0.25, 0.3) is 0 Å². The molecule has 0 unspecified atom stereocenters. The average molecular weight is 206 g/mol. The van der Waals surface area contributed by atoms with Gasteiger partial charge in [-0.2, -0.15) is 0 Å². The molecule has 4 heteroatoms. The molecule has 2 aliphatic heterocycles. The second-order valence-electron chi connectivity index (χ2n) is 4.16. The van der Waals surface area contributed by atoms with Crippen LogP contribution in [0.5, 0.6) is 0 Å². The molecule has 2 saturated heterocycles. The van der Waals surface area contributed by atoms with Crippen molar-refractivity contribution in [3.05, 3.63) is 0 Å². The minimum Gasteiger partial charge on any atom is -0.481 e. The third-order valence-corrected chi connectivity index (χ3v) is 3.41. The zero-order valence-corrected chi connectivity index (χ0v) is 8.40. The highest BCUT2D eigenvalue weighted by Gasteiger charge is 2.43. The molecule has 1 saturated carbocycles. The van der Waals surface area contributed by atoms with Crippen molar-refractivity contribution in [1.29, 1.82) is 0 Å². The van der Waals surface area contributed by atoms with Gasteiger partial charge in [0.1, 0.15) is 0 Å². The molecular formula is C9H16ClNO2. The Bertz CT molecular complexity index is 194. The number of fused-ring (bicyclic) bond motifs is 4. The van der Waals surface area contributed by atoms with E-state index in [1.54, 1.807) is 0 Å². The van der Waals surface area contributed by atoms with Crippen molar-refractivity contribution >= 4 is 18.4 Å². The van der Waals surface area contributed by atoms with E-state index < -0.39 is 11.4 Å². The summed E-state index contributed by atoms with van der Waals surface area (Å²) in [5.41, 5.74) is -0.424. The Morgan fingerprint density at radius 2 is 2.00 bits per heavy atom. The number of hydrogen-bond acceptors (Lipinski definition) is 2. The number of halogens is 1. The lowest BCUT2D eigenvalue weighted by atomic mass is 9.72. The molecule has 3 fully saturated rings. The SMILES string of the molecule is Cl.O=C(O)C12CCC(CC1)CNC2. The molecular weight excluding hydrogens is 190 g/mol. The third-order valence-electron chi connectivity index (χ3n) is 3.41. The van der Waals surface area contributed by atoms with Crippen LogP contribution in [0.2, 0.25) is 0 Å². The first-order valence-corrected chi connectivity index (χ1v) is 4.67. The fourth-order valence-electron chi connectivity index (χ4n) is 2.42. The van der Waals surface area contributed by atoms with Crippen LogP contribution >= 0.6 is 12.4 Å². The van der Waals surface area contributed by atoms with E-state index in [1.807, 2.05) is 0 Å². The maximum absolute atomic E-state index is 11.0. The highest BCUT2D eigenvalue weighted by Crippen LogP contribution is 2.40. The lowest BCUT2D eigenvalue weighted by molar-refractivity contribution is -0.150. The van der Waals surface area contributed by atoms with Crippen molar-refractivity contribution in [1.82, 2.24) is 5.32 Å². The van der Waals surface area contributed by atoms with Crippen molar-refractivity contribution in [3.63, 3.8) is 0 Å². The quantitative estimate of drug-likeness (QED) is 0.678. The van der Waals surface area contributed by atoms with Gasteiger partial charge in [-0.3, -0.25) is 4.79 Å². The van der Waals surface area contributed by atoms with Crippen LogP contribution in [-0.2, 0) is 4.79 Å². The number of carboxylic acids is 1. The van der Waals surface area contributed by atoms with Gasteiger partial charge in [0.05, 0.1) is 5.41 Å². The van der Waals surface area contributed by atoms with E-state index in [9.17, 15) is 4.79 Å². The minimum absolute atomic E-state index is 0. The van der Waals surface area contributed by atoms with E-state index in [4.69, 9.17) is 5.11 Å². The molecule has 2 N–H and O–H groups in total. The molecule has 0 aromatic rings. The molecule has 0 aromatic carbocycles. The van der Waals surface area contributed by atoms with Crippen LogP contribution in [0.4, 0.5) is 0 Å². The molecule has 2 heterocycles. The van der Waals surface area contributed by atoms with Crippen molar-refractivity contribution in [2.75, 3.05) is 13.1 Å². The smallest absolute Gasteiger partial charge is 0.310 e. The first kappa shape index (κ1) is 10.8. The fraction of sp³-hybridized carbons (Fsp3) is 0.889. The molecule has 0 amide bonds. The predicted molar refractivity (Wildman–Crippen MR) is 52.1 cm³/mol. The maximum Gasteiger partial charge on any atom is 0.310 e. The zero-order chi connectivity index (χ0) is 8.60. The summed E-state index contributed by atoms with van der Waals surface area (Å²) in [6, 6.07) is 0. The van der Waals surface area contributed by atoms with E-state index in [-0.39, 0.29) is 12.4 Å². The fourth-order valence-corrected chi connectivity index (χ4v) is 2.42. The molecule has 13 heavy (non-hydrogen) atoms. The molecule has 3 aliphatic rings. The average Bonchev–Trinajstić information content (AvgIpc) is 2.37. The summed E-state index contributed by atoms with van der Waals surface area (Å²) in [6.07, 6.45) is 3.94. The van der Waals surface area contributed by atoms with Crippen LogP contribution in [0.3, 0.4) is 0 Å². The standard InChI is InChI=1S/C9H15NO2.ClH/c11-8(12)9-3-1-7(2-4-9)5-10-6-9;/h7,10H,1-6H2,(H,11,12);1H. The highest BCUT2D eigenvalue weighted by molar-refractivity contribution is 5.85. The van der Waals surface area contributed by atoms with Crippen LogP contribution in [0.15, 0.2) is 0 Å². The maximum atomic E-state index is 11.0. The first-order chi connectivity index (χ1) is 5.73. The second kappa shape index (κ2) is 3.84. The zero-order valence-electron chi connectivity index (χ0n) is 7.58. The lowest BCUT2D eigenvalue weighted by Gasteiger charge is -2.31. The Morgan fingerprint density at radius 1 is 1.38 bits per heavy atom. The van der Waals surface area contributed by atoms with E-state index >= 15 is 0 Å². The molecule has 0 atom stereocenters. The van der Waals surface area contributed by atoms with Crippen molar-refractivity contribution in [2.24, 2.45) is 11.3 Å². The largest absolute Gasteiger partial charge is 0.481 e. The Balaban J connectivity index is 0.000000845. The van der Waals surface area contributed by atoms with Crippen molar-refractivity contribution < 1.29 is 9.90 Å². The number of carbonyl (C=O) groups is 1. The van der Waals surface area contributed by atoms with Gasteiger partial charge in [0.2, 0.25) is 0 Å². The molecule has 3 nitrogen and oxygen atoms in total. The summed E-state index contributed by atoms with van der Waals surface area (Å²) in [6.45, 7) is 1.70. The monoisotopic (exact) mass is 205 g/mol. The van der Waals surface area contributed by atoms with Crippen LogP contribution in [0.1, 0.15) is 25.7 Å². The second-order valence-corrected chi connectivity index (χ2v) is 4.16. The van der Waals surface area contributed by atoms with Gasteiger partial charge in [0, 0.05) is 6.54 Å². The normalized spacial score (nSPS) is 37.7. The van der Waals surface area contributed by atoms with Gasteiger partial charge in [-0.25, -0.2) is 0 Å². The molecule has 1 aliphatic carbocycles. The van der Waals surface area contributed by atoms with Gasteiger partial charge < -0.3 is 10.4 Å². The number of hydrogen-bond donors (Lipinski definition) is 2. The highest BCUT2D eigenvalue weighted by atomic mass is 35.5. The molecule has 0 radical (unpaired) electrons. The lowest BCUT2D eigenvalue weighted by Crippen LogP contribution is -2.39. The summed E-state index contributed by atoms with van der Waals surface area (Å²) < 4.78 is 0. The van der Waals surface area contributed by atoms with E-state index in [2.05, 4.69) is 5.32 Å². The van der Waals surface area contributed by atoms with E-state index in [0.717, 1.165) is 38.1 Å². The van der Waals surface area contributed by atoms with Gasteiger partial charge in [-0.15, -0.1) is 12.4 Å². The number of nitrogens with one attached hydrogen (secondary N) is 1. The minimum atomic E-state index is -0.602. The van der Waals surface area contributed by atoms with Gasteiger partial charge in [0.15, 0.2) is 0 Å². The molecule has 3 rings (SSSR count). The van der Waals surface area contributed by atoms with Gasteiger partial charge in [-0.05, 0) is 38.1 Å². The number of rotatable bonds is 1. The van der Waals surface area contributed by atoms with Gasteiger partial charge >= 0.3 is 5.97 Å². The molecule has 0 spiro atoms. The Morgan fingerprint density at radius 3 is 2.54 bits per heavy atom. The van der Waals surface area contributed by atoms with E-state index in [0.29, 0.717) is 6.54 Å². The third kappa shape index (κ3) is 1.81. The Hall–Kier alpha value is -0.280. The summed E-state index contributed by atoms with van der Waals surface area (Å²) >= 11 is 0. The summed E-state index contributed by atoms with van der Waals surface area (Å²) in [7, 11) is 0. The molecule has 0 aromatic heterocycles. The Kier molecular flexibility index (Phi) is 3.19. The van der Waals surface area contributed by atoms with Crippen molar-refractivity contribution in [2.45, 2.75) is 25.7 Å². The van der Waals surface area contributed by atoms with Crippen LogP contribution in [0.25, 0.3) is 0 Å². The topological polar surface area (TPSA) is 49.3 Å². The van der Waals surface area contributed by atoms with Crippen LogP contribution in [-0.4, -0.2) is 24.2 Å². The molecule has 2 bridgehead atoms. The summed E-state index contributed by atoms with van der Waals surface area (Å²) in [5.74, 6) is 0.135. The van der Waals surface area contributed by atoms with Crippen LogP contribution in [0, 0.1) is 11.3 Å². The number of carboxylic acid groups (broad SMARTS) is 1. The number of aliphatic carboxylic acids is 1. The summed E-state index contributed by atoms with van der Waals surface area (Å²) in [4.78, 5) is 11.0. The van der Waals surface area contributed by atoms with Gasteiger partial charge in [-0.1, -0.05) is 0 Å². The van der Waals surface area contributed by atoms with E-state index in [1.165, 1.54) is 0 Å². The van der Waals surface area contributed by atoms with Crippen molar-refractivity contribution in [3.8, 4) is 0 Å².